The topological polar surface area (TPSA) is 18.5 Å². The Labute approximate surface area is 88.8 Å². The molecule has 0 spiro atoms. The molecule has 0 N–H and O–H groups in total. The lowest BCUT2D eigenvalue weighted by molar-refractivity contribution is 0.139. The first-order valence-electron chi connectivity index (χ1n) is 4.85. The van der Waals surface area contributed by atoms with Gasteiger partial charge in [0.15, 0.2) is 11.5 Å². The predicted molar refractivity (Wildman–Crippen MR) is 58.6 cm³/mol. The molecule has 0 atom stereocenters. The average molecular weight is 212 g/mol. The van der Waals surface area contributed by atoms with Crippen molar-refractivity contribution >= 4 is 11.3 Å². The van der Waals surface area contributed by atoms with Gasteiger partial charge in [-0.25, -0.2) is 0 Å². The van der Waals surface area contributed by atoms with Crippen LogP contribution in [0.15, 0.2) is 0 Å². The van der Waals surface area contributed by atoms with Crippen molar-refractivity contribution < 1.29 is 9.47 Å². The molecule has 2 rings (SSSR count). The number of aryl methyl sites for hydroxylation is 2. The van der Waals surface area contributed by atoms with Gasteiger partial charge in [0.25, 0.3) is 0 Å². The second-order valence-corrected chi connectivity index (χ2v) is 6.04. The second kappa shape index (κ2) is 3.16. The molecule has 2 nitrogen and oxygen atoms in total. The van der Waals surface area contributed by atoms with Gasteiger partial charge in [-0.2, -0.15) is 0 Å². The van der Waals surface area contributed by atoms with Gasteiger partial charge in [-0.3, -0.25) is 0 Å². The molecule has 0 aliphatic carbocycles. The highest BCUT2D eigenvalue weighted by Gasteiger charge is 2.28. The van der Waals surface area contributed by atoms with Gasteiger partial charge >= 0.3 is 0 Å². The highest BCUT2D eigenvalue weighted by atomic mass is 32.1. The van der Waals surface area contributed by atoms with Crippen LogP contribution in [0.1, 0.15) is 23.6 Å². The van der Waals surface area contributed by atoms with Gasteiger partial charge in [-0.1, -0.05) is 13.8 Å². The van der Waals surface area contributed by atoms with Crippen molar-refractivity contribution in [3.05, 3.63) is 9.75 Å². The number of hydrogen-bond donors (Lipinski definition) is 0. The molecule has 0 unspecified atom stereocenters. The first kappa shape index (κ1) is 9.84. The molecule has 78 valence electrons. The highest BCUT2D eigenvalue weighted by molar-refractivity contribution is 7.12. The lowest BCUT2D eigenvalue weighted by Gasteiger charge is -2.20. The maximum Gasteiger partial charge on any atom is 0.175 e. The molecule has 1 aliphatic rings. The third-order valence-corrected chi connectivity index (χ3v) is 3.35. The summed E-state index contributed by atoms with van der Waals surface area (Å²) < 4.78 is 11.6. The van der Waals surface area contributed by atoms with Crippen LogP contribution in [0.2, 0.25) is 0 Å². The van der Waals surface area contributed by atoms with E-state index in [1.54, 1.807) is 11.3 Å². The van der Waals surface area contributed by atoms with Crippen molar-refractivity contribution in [2.75, 3.05) is 13.2 Å². The fourth-order valence-corrected chi connectivity index (χ4v) is 2.50. The van der Waals surface area contributed by atoms with E-state index in [-0.39, 0.29) is 5.41 Å². The molecule has 3 heteroatoms. The summed E-state index contributed by atoms with van der Waals surface area (Å²) in [4.78, 5) is 2.44. The Kier molecular flexibility index (Phi) is 2.22. The van der Waals surface area contributed by atoms with Crippen molar-refractivity contribution in [1.29, 1.82) is 0 Å². The van der Waals surface area contributed by atoms with Gasteiger partial charge in [0.2, 0.25) is 0 Å². The molecular weight excluding hydrogens is 196 g/mol. The largest absolute Gasteiger partial charge is 0.488 e. The normalized spacial score (nSPS) is 19.1. The Morgan fingerprint density at radius 3 is 1.86 bits per heavy atom. The fraction of sp³-hybridized carbons (Fsp3) is 0.636. The van der Waals surface area contributed by atoms with Crippen molar-refractivity contribution in [3.63, 3.8) is 0 Å². The Morgan fingerprint density at radius 2 is 1.43 bits per heavy atom. The molecule has 0 amide bonds. The number of rotatable bonds is 0. The molecular formula is C11H16O2S. The van der Waals surface area contributed by atoms with Crippen LogP contribution in [-0.2, 0) is 0 Å². The zero-order chi connectivity index (χ0) is 10.3. The van der Waals surface area contributed by atoms with Crippen molar-refractivity contribution in [1.82, 2.24) is 0 Å². The Balaban J connectivity index is 2.35. The molecule has 0 saturated heterocycles. The summed E-state index contributed by atoms with van der Waals surface area (Å²) in [5.41, 5.74) is 0.107. The molecule has 1 aliphatic heterocycles. The Morgan fingerprint density at radius 1 is 1.00 bits per heavy atom. The summed E-state index contributed by atoms with van der Waals surface area (Å²) >= 11 is 1.74. The van der Waals surface area contributed by atoms with Gasteiger partial charge < -0.3 is 9.47 Å². The lowest BCUT2D eigenvalue weighted by Crippen LogP contribution is -2.26. The summed E-state index contributed by atoms with van der Waals surface area (Å²) in [5.74, 6) is 1.91. The third kappa shape index (κ3) is 1.61. The van der Waals surface area contributed by atoms with E-state index in [1.807, 2.05) is 0 Å². The van der Waals surface area contributed by atoms with E-state index >= 15 is 0 Å². The van der Waals surface area contributed by atoms with Gasteiger partial charge in [-0.15, -0.1) is 11.3 Å². The zero-order valence-corrected chi connectivity index (χ0v) is 9.96. The Hall–Kier alpha value is -0.700. The van der Waals surface area contributed by atoms with Crippen molar-refractivity contribution in [2.45, 2.75) is 27.7 Å². The van der Waals surface area contributed by atoms with E-state index in [1.165, 1.54) is 9.75 Å². The summed E-state index contributed by atoms with van der Waals surface area (Å²) in [7, 11) is 0. The van der Waals surface area contributed by atoms with E-state index in [0.717, 1.165) is 24.7 Å². The number of ether oxygens (including phenoxy) is 2. The van der Waals surface area contributed by atoms with Gasteiger partial charge in [-0.05, 0) is 13.8 Å². The highest BCUT2D eigenvalue weighted by Crippen LogP contribution is 2.44. The van der Waals surface area contributed by atoms with E-state index in [4.69, 9.17) is 9.47 Å². The minimum absolute atomic E-state index is 0.107. The predicted octanol–water partition coefficient (Wildman–Crippen LogP) is 3.16. The van der Waals surface area contributed by atoms with Crippen LogP contribution >= 0.6 is 11.3 Å². The maximum absolute atomic E-state index is 5.80. The minimum Gasteiger partial charge on any atom is -0.488 e. The number of thiophene rings is 1. The van der Waals surface area contributed by atoms with Crippen LogP contribution in [-0.4, -0.2) is 13.2 Å². The molecule has 0 fully saturated rings. The van der Waals surface area contributed by atoms with E-state index in [9.17, 15) is 0 Å². The van der Waals surface area contributed by atoms with Crippen LogP contribution in [0.25, 0.3) is 0 Å². The first-order chi connectivity index (χ1) is 6.49. The molecule has 2 heterocycles. The summed E-state index contributed by atoms with van der Waals surface area (Å²) in [6, 6.07) is 0. The molecule has 14 heavy (non-hydrogen) atoms. The average Bonchev–Trinajstić information content (AvgIpc) is 2.26. The zero-order valence-electron chi connectivity index (χ0n) is 9.14. The molecule has 1 aromatic rings. The summed E-state index contributed by atoms with van der Waals surface area (Å²) in [6.07, 6.45) is 0. The van der Waals surface area contributed by atoms with E-state index < -0.39 is 0 Å². The molecule has 0 saturated carbocycles. The van der Waals surface area contributed by atoms with Gasteiger partial charge in [0, 0.05) is 15.2 Å². The maximum atomic E-state index is 5.80. The minimum atomic E-state index is 0.107. The third-order valence-electron chi connectivity index (χ3n) is 2.37. The van der Waals surface area contributed by atoms with E-state index in [0.29, 0.717) is 0 Å². The number of fused-ring (bicyclic) bond motifs is 1. The van der Waals surface area contributed by atoms with E-state index in [2.05, 4.69) is 27.7 Å². The fourth-order valence-electron chi connectivity index (χ4n) is 1.55. The Bertz CT molecular complexity index is 322. The molecule has 0 bridgehead atoms. The van der Waals surface area contributed by atoms with Crippen molar-refractivity contribution in [3.8, 4) is 11.5 Å². The number of hydrogen-bond acceptors (Lipinski definition) is 3. The standard InChI is InChI=1S/C11H16O2S/c1-7-9-10(8(2)14-7)13-6-11(3,4)5-12-9/h5-6H2,1-4H3. The van der Waals surface area contributed by atoms with Crippen LogP contribution in [0.3, 0.4) is 0 Å². The van der Waals surface area contributed by atoms with Crippen LogP contribution in [0.5, 0.6) is 11.5 Å². The monoisotopic (exact) mass is 212 g/mol. The molecule has 0 radical (unpaired) electrons. The van der Waals surface area contributed by atoms with Gasteiger partial charge in [0.1, 0.15) is 0 Å². The lowest BCUT2D eigenvalue weighted by atomic mass is 9.97. The van der Waals surface area contributed by atoms with Crippen molar-refractivity contribution in [2.24, 2.45) is 5.41 Å². The summed E-state index contributed by atoms with van der Waals surface area (Å²) in [6.45, 7) is 9.95. The quantitative estimate of drug-likeness (QED) is 0.657. The van der Waals surface area contributed by atoms with Crippen LogP contribution in [0.4, 0.5) is 0 Å². The first-order valence-corrected chi connectivity index (χ1v) is 5.67. The SMILES string of the molecule is Cc1sc(C)c2c1OCC(C)(C)CO2. The second-order valence-electron chi connectivity index (χ2n) is 4.61. The molecule has 1 aromatic heterocycles. The molecule has 0 aromatic carbocycles. The van der Waals surface area contributed by atoms with Crippen LogP contribution < -0.4 is 9.47 Å². The van der Waals surface area contributed by atoms with Gasteiger partial charge in [0.05, 0.1) is 13.2 Å². The smallest absolute Gasteiger partial charge is 0.175 e. The summed E-state index contributed by atoms with van der Waals surface area (Å²) in [5, 5.41) is 0. The van der Waals surface area contributed by atoms with Crippen LogP contribution in [0, 0.1) is 19.3 Å².